The molecule has 0 aliphatic carbocycles. The molecular weight excluding hydrogens is 272 g/mol. The summed E-state index contributed by atoms with van der Waals surface area (Å²) in [4.78, 5) is 11.7. The molecule has 2 rings (SSSR count). The van der Waals surface area contributed by atoms with Gasteiger partial charge in [-0.25, -0.2) is 0 Å². The van der Waals surface area contributed by atoms with E-state index in [9.17, 15) is 4.79 Å². The molecule has 0 spiro atoms. The molecule has 20 heavy (non-hydrogen) atoms. The van der Waals surface area contributed by atoms with E-state index in [0.717, 1.165) is 11.1 Å². The van der Waals surface area contributed by atoms with Crippen LogP contribution in [0, 0.1) is 0 Å². The summed E-state index contributed by atoms with van der Waals surface area (Å²) >= 11 is 5.88. The van der Waals surface area contributed by atoms with Crippen LogP contribution >= 0.6 is 11.6 Å². The van der Waals surface area contributed by atoms with Gasteiger partial charge in [0, 0.05) is 23.3 Å². The van der Waals surface area contributed by atoms with E-state index in [-0.39, 0.29) is 5.91 Å². The van der Waals surface area contributed by atoms with Crippen LogP contribution in [-0.4, -0.2) is 5.91 Å². The quantitative estimate of drug-likeness (QED) is 0.669. The molecule has 0 heterocycles. The first-order chi connectivity index (χ1) is 9.63. The Morgan fingerprint density at radius 2 is 1.95 bits per heavy atom. The van der Waals surface area contributed by atoms with E-state index < -0.39 is 0 Å². The SMILES string of the molecule is Nc1ccc(/C=C/C(=O)NCc2cccc(Cl)c2)cc1. The predicted molar refractivity (Wildman–Crippen MR) is 83.2 cm³/mol. The third kappa shape index (κ3) is 4.44. The van der Waals surface area contributed by atoms with Crippen LogP contribution < -0.4 is 11.1 Å². The standard InChI is InChI=1S/C16H15ClN2O/c17-14-3-1-2-13(10-14)11-19-16(20)9-6-12-4-7-15(18)8-5-12/h1-10H,11,18H2,(H,19,20)/b9-6+. The minimum atomic E-state index is -0.151. The van der Waals surface area contributed by atoms with Crippen molar-refractivity contribution in [3.8, 4) is 0 Å². The minimum absolute atomic E-state index is 0.151. The lowest BCUT2D eigenvalue weighted by Gasteiger charge is -2.03. The van der Waals surface area contributed by atoms with Gasteiger partial charge in [0.1, 0.15) is 0 Å². The minimum Gasteiger partial charge on any atom is -0.399 e. The molecule has 3 nitrogen and oxygen atoms in total. The number of hydrogen-bond donors (Lipinski definition) is 2. The number of amides is 1. The average molecular weight is 287 g/mol. The molecule has 0 atom stereocenters. The lowest BCUT2D eigenvalue weighted by molar-refractivity contribution is -0.116. The number of anilines is 1. The molecule has 102 valence electrons. The number of halogens is 1. The van der Waals surface area contributed by atoms with Crippen molar-refractivity contribution in [1.82, 2.24) is 5.32 Å². The molecule has 0 aliphatic heterocycles. The van der Waals surface area contributed by atoms with Gasteiger partial charge in [-0.1, -0.05) is 35.9 Å². The second-order valence-electron chi connectivity index (χ2n) is 4.35. The van der Waals surface area contributed by atoms with Crippen molar-refractivity contribution in [1.29, 1.82) is 0 Å². The van der Waals surface area contributed by atoms with Gasteiger partial charge in [0.15, 0.2) is 0 Å². The van der Waals surface area contributed by atoms with E-state index >= 15 is 0 Å². The third-order valence-corrected chi connectivity index (χ3v) is 2.95. The van der Waals surface area contributed by atoms with Gasteiger partial charge in [0.05, 0.1) is 0 Å². The molecule has 0 bridgehead atoms. The summed E-state index contributed by atoms with van der Waals surface area (Å²) in [5.74, 6) is -0.151. The van der Waals surface area contributed by atoms with Crippen molar-refractivity contribution in [2.75, 3.05) is 5.73 Å². The van der Waals surface area contributed by atoms with Crippen LogP contribution in [0.3, 0.4) is 0 Å². The van der Waals surface area contributed by atoms with Crippen molar-refractivity contribution in [2.24, 2.45) is 0 Å². The first-order valence-corrected chi connectivity index (χ1v) is 6.57. The van der Waals surface area contributed by atoms with Crippen LogP contribution in [-0.2, 0) is 11.3 Å². The van der Waals surface area contributed by atoms with Crippen LogP contribution in [0.2, 0.25) is 5.02 Å². The van der Waals surface area contributed by atoms with E-state index in [1.165, 1.54) is 6.08 Å². The molecule has 2 aromatic rings. The lowest BCUT2D eigenvalue weighted by Crippen LogP contribution is -2.20. The van der Waals surface area contributed by atoms with Crippen LogP contribution in [0.1, 0.15) is 11.1 Å². The van der Waals surface area contributed by atoms with Crippen LogP contribution in [0.25, 0.3) is 6.08 Å². The van der Waals surface area contributed by atoms with Gasteiger partial charge in [-0.2, -0.15) is 0 Å². The fraction of sp³-hybridized carbons (Fsp3) is 0.0625. The Morgan fingerprint density at radius 1 is 1.20 bits per heavy atom. The summed E-state index contributed by atoms with van der Waals surface area (Å²) in [7, 11) is 0. The number of nitrogens with one attached hydrogen (secondary N) is 1. The molecule has 0 saturated carbocycles. The number of nitrogen functional groups attached to an aromatic ring is 1. The third-order valence-electron chi connectivity index (χ3n) is 2.72. The average Bonchev–Trinajstić information content (AvgIpc) is 2.45. The van der Waals surface area contributed by atoms with Crippen LogP contribution in [0.15, 0.2) is 54.6 Å². The van der Waals surface area contributed by atoms with Gasteiger partial charge >= 0.3 is 0 Å². The van der Waals surface area contributed by atoms with Crippen molar-refractivity contribution in [2.45, 2.75) is 6.54 Å². The number of benzene rings is 2. The molecule has 0 aromatic heterocycles. The highest BCUT2D eigenvalue weighted by Crippen LogP contribution is 2.10. The number of hydrogen-bond acceptors (Lipinski definition) is 2. The summed E-state index contributed by atoms with van der Waals surface area (Å²) in [6.07, 6.45) is 3.24. The van der Waals surface area contributed by atoms with E-state index in [2.05, 4.69) is 5.32 Å². The second-order valence-corrected chi connectivity index (χ2v) is 4.78. The van der Waals surface area contributed by atoms with Gasteiger partial charge in [0.25, 0.3) is 0 Å². The van der Waals surface area contributed by atoms with Gasteiger partial charge in [-0.15, -0.1) is 0 Å². The zero-order valence-electron chi connectivity index (χ0n) is 10.8. The highest BCUT2D eigenvalue weighted by atomic mass is 35.5. The van der Waals surface area contributed by atoms with E-state index in [4.69, 9.17) is 17.3 Å². The highest BCUT2D eigenvalue weighted by Gasteiger charge is 1.97. The Hall–Kier alpha value is -2.26. The molecule has 0 unspecified atom stereocenters. The Morgan fingerprint density at radius 3 is 2.65 bits per heavy atom. The molecule has 1 amide bonds. The number of carbonyl (C=O) groups is 1. The molecule has 4 heteroatoms. The van der Waals surface area contributed by atoms with Crippen molar-refractivity contribution in [3.63, 3.8) is 0 Å². The molecule has 2 aromatic carbocycles. The topological polar surface area (TPSA) is 55.1 Å². The maximum absolute atomic E-state index is 11.7. The summed E-state index contributed by atoms with van der Waals surface area (Å²) in [5, 5.41) is 3.46. The molecule has 3 N–H and O–H groups in total. The summed E-state index contributed by atoms with van der Waals surface area (Å²) in [5.41, 5.74) is 8.19. The fourth-order valence-electron chi connectivity index (χ4n) is 1.67. The Bertz CT molecular complexity index is 621. The smallest absolute Gasteiger partial charge is 0.244 e. The largest absolute Gasteiger partial charge is 0.399 e. The normalized spacial score (nSPS) is 10.7. The Balaban J connectivity index is 1.88. The highest BCUT2D eigenvalue weighted by molar-refractivity contribution is 6.30. The zero-order chi connectivity index (χ0) is 14.4. The van der Waals surface area contributed by atoms with Crippen molar-refractivity contribution >= 4 is 29.3 Å². The number of rotatable bonds is 4. The lowest BCUT2D eigenvalue weighted by atomic mass is 10.2. The molecule has 0 radical (unpaired) electrons. The van der Waals surface area contributed by atoms with Crippen molar-refractivity contribution < 1.29 is 4.79 Å². The van der Waals surface area contributed by atoms with Gasteiger partial charge in [-0.3, -0.25) is 4.79 Å². The summed E-state index contributed by atoms with van der Waals surface area (Å²) < 4.78 is 0. The monoisotopic (exact) mass is 286 g/mol. The summed E-state index contributed by atoms with van der Waals surface area (Å²) in [6, 6.07) is 14.7. The Kier molecular flexibility index (Phi) is 4.80. The van der Waals surface area contributed by atoms with Crippen molar-refractivity contribution in [3.05, 3.63) is 70.8 Å². The first kappa shape index (κ1) is 14.2. The van der Waals surface area contributed by atoms with E-state index in [1.54, 1.807) is 24.3 Å². The Labute approximate surface area is 123 Å². The zero-order valence-corrected chi connectivity index (χ0v) is 11.6. The van der Waals surface area contributed by atoms with E-state index in [0.29, 0.717) is 17.3 Å². The molecule has 0 saturated heterocycles. The van der Waals surface area contributed by atoms with Gasteiger partial charge < -0.3 is 11.1 Å². The van der Waals surface area contributed by atoms with Gasteiger partial charge in [0.2, 0.25) is 5.91 Å². The van der Waals surface area contributed by atoms with E-state index in [1.807, 2.05) is 30.3 Å². The molecule has 0 aliphatic rings. The predicted octanol–water partition coefficient (Wildman–Crippen LogP) is 3.25. The van der Waals surface area contributed by atoms with Gasteiger partial charge in [-0.05, 0) is 41.5 Å². The first-order valence-electron chi connectivity index (χ1n) is 6.19. The van der Waals surface area contributed by atoms with Crippen LogP contribution in [0.4, 0.5) is 5.69 Å². The molecular formula is C16H15ClN2O. The number of carbonyl (C=O) groups excluding carboxylic acids is 1. The maximum Gasteiger partial charge on any atom is 0.244 e. The maximum atomic E-state index is 11.7. The van der Waals surface area contributed by atoms with Crippen LogP contribution in [0.5, 0.6) is 0 Å². The molecule has 0 fully saturated rings. The fourth-order valence-corrected chi connectivity index (χ4v) is 1.89. The number of nitrogens with two attached hydrogens (primary N) is 1. The summed E-state index contributed by atoms with van der Waals surface area (Å²) in [6.45, 7) is 0.450. The second kappa shape index (κ2) is 6.78.